The first-order chi connectivity index (χ1) is 8.56. The average Bonchev–Trinajstić information content (AvgIpc) is 2.34. The molecule has 0 radical (unpaired) electrons. The zero-order valence-electron chi connectivity index (χ0n) is 9.35. The fourth-order valence-electron chi connectivity index (χ4n) is 1.27. The van der Waals surface area contributed by atoms with Crippen molar-refractivity contribution in [2.45, 2.75) is 12.8 Å². The van der Waals surface area contributed by atoms with Gasteiger partial charge in [0.2, 0.25) is 0 Å². The van der Waals surface area contributed by atoms with Crippen molar-refractivity contribution in [1.29, 1.82) is 5.26 Å². The predicted octanol–water partition coefficient (Wildman–Crippen LogP) is 2.28. The van der Waals surface area contributed by atoms with Crippen LogP contribution < -0.4 is 5.32 Å². The molecule has 1 aromatic carbocycles. The first-order valence-corrected chi connectivity index (χ1v) is 5.53. The highest BCUT2D eigenvalue weighted by Crippen LogP contribution is 2.22. The summed E-state index contributed by atoms with van der Waals surface area (Å²) in [5, 5.41) is 21.4. The maximum absolute atomic E-state index is 11.7. The number of non-ortho nitro benzene ring substituents is 1. The number of carbonyl (C=O) groups excluding carboxylic acids is 1. The van der Waals surface area contributed by atoms with Crippen LogP contribution in [0, 0.1) is 21.4 Å². The van der Waals surface area contributed by atoms with Gasteiger partial charge in [-0.1, -0.05) is 11.6 Å². The SMILES string of the molecule is N#CCCCNC(=O)c1ccc([N+](=O)[O-])cc1Cl. The molecule has 0 fully saturated rings. The van der Waals surface area contributed by atoms with Crippen LogP contribution in [-0.4, -0.2) is 17.4 Å². The summed E-state index contributed by atoms with van der Waals surface area (Å²) < 4.78 is 0. The van der Waals surface area contributed by atoms with E-state index in [1.807, 2.05) is 6.07 Å². The van der Waals surface area contributed by atoms with E-state index in [1.165, 1.54) is 12.1 Å². The Bertz CT molecular complexity index is 511. The second kappa shape index (κ2) is 6.57. The van der Waals surface area contributed by atoms with Gasteiger partial charge >= 0.3 is 0 Å². The van der Waals surface area contributed by atoms with Crippen molar-refractivity contribution in [3.8, 4) is 6.07 Å². The number of nitriles is 1. The number of nitrogens with one attached hydrogen (secondary N) is 1. The maximum atomic E-state index is 11.7. The fourth-order valence-corrected chi connectivity index (χ4v) is 1.53. The molecule has 0 aliphatic rings. The number of nitro groups is 1. The maximum Gasteiger partial charge on any atom is 0.270 e. The van der Waals surface area contributed by atoms with Gasteiger partial charge < -0.3 is 5.32 Å². The van der Waals surface area contributed by atoms with Crippen LogP contribution in [-0.2, 0) is 0 Å². The molecule has 0 spiro atoms. The van der Waals surface area contributed by atoms with E-state index >= 15 is 0 Å². The van der Waals surface area contributed by atoms with E-state index in [4.69, 9.17) is 16.9 Å². The number of nitro benzene ring substituents is 1. The summed E-state index contributed by atoms with van der Waals surface area (Å²) in [4.78, 5) is 21.6. The number of hydrogen-bond acceptors (Lipinski definition) is 4. The Kier molecular flexibility index (Phi) is 5.08. The Hall–Kier alpha value is -2.13. The van der Waals surface area contributed by atoms with Gasteiger partial charge in [-0.15, -0.1) is 0 Å². The van der Waals surface area contributed by atoms with Gasteiger partial charge in [-0.05, 0) is 12.5 Å². The highest BCUT2D eigenvalue weighted by atomic mass is 35.5. The van der Waals surface area contributed by atoms with E-state index in [0.29, 0.717) is 19.4 Å². The van der Waals surface area contributed by atoms with Crippen LogP contribution in [0.25, 0.3) is 0 Å². The first kappa shape index (κ1) is 13.9. The van der Waals surface area contributed by atoms with Gasteiger partial charge in [-0.25, -0.2) is 0 Å². The molecule has 18 heavy (non-hydrogen) atoms. The number of amides is 1. The average molecular weight is 268 g/mol. The molecule has 1 aromatic rings. The van der Waals surface area contributed by atoms with E-state index in [0.717, 1.165) is 6.07 Å². The molecule has 0 aromatic heterocycles. The zero-order chi connectivity index (χ0) is 13.5. The van der Waals surface area contributed by atoms with Crippen LogP contribution >= 0.6 is 11.6 Å². The van der Waals surface area contributed by atoms with Crippen LogP contribution in [0.15, 0.2) is 18.2 Å². The van der Waals surface area contributed by atoms with Crippen LogP contribution in [0.4, 0.5) is 5.69 Å². The molecule has 1 rings (SSSR count). The third kappa shape index (κ3) is 3.71. The number of unbranched alkanes of at least 4 members (excludes halogenated alkanes) is 1. The second-order valence-corrected chi connectivity index (χ2v) is 3.85. The summed E-state index contributed by atoms with van der Waals surface area (Å²) in [5.41, 5.74) is 0.0141. The smallest absolute Gasteiger partial charge is 0.270 e. The fraction of sp³-hybridized carbons (Fsp3) is 0.273. The van der Waals surface area contributed by atoms with Crippen molar-refractivity contribution in [3.05, 3.63) is 38.9 Å². The van der Waals surface area contributed by atoms with Crippen molar-refractivity contribution in [2.24, 2.45) is 0 Å². The molecule has 7 heteroatoms. The monoisotopic (exact) mass is 267 g/mol. The molecule has 0 unspecified atom stereocenters. The van der Waals surface area contributed by atoms with E-state index < -0.39 is 10.8 Å². The largest absolute Gasteiger partial charge is 0.352 e. The van der Waals surface area contributed by atoms with Gasteiger partial charge in [0.1, 0.15) is 0 Å². The third-order valence-corrected chi connectivity index (χ3v) is 2.47. The lowest BCUT2D eigenvalue weighted by atomic mass is 10.2. The van der Waals surface area contributed by atoms with Crippen molar-refractivity contribution in [1.82, 2.24) is 5.32 Å². The van der Waals surface area contributed by atoms with Gasteiger partial charge in [0.25, 0.3) is 11.6 Å². The Morgan fingerprint density at radius 2 is 2.28 bits per heavy atom. The molecule has 0 heterocycles. The number of rotatable bonds is 5. The molecule has 94 valence electrons. The van der Waals surface area contributed by atoms with Gasteiger partial charge in [0.05, 0.1) is 21.6 Å². The van der Waals surface area contributed by atoms with Crippen molar-refractivity contribution in [2.75, 3.05) is 6.54 Å². The lowest BCUT2D eigenvalue weighted by Gasteiger charge is -2.05. The molecule has 0 aliphatic carbocycles. The Morgan fingerprint density at radius 1 is 1.56 bits per heavy atom. The summed E-state index contributed by atoms with van der Waals surface area (Å²) in [6.07, 6.45) is 0.904. The molecule has 0 atom stereocenters. The minimum absolute atomic E-state index is 0.0296. The Labute approximate surface area is 108 Å². The summed E-state index contributed by atoms with van der Waals surface area (Å²) >= 11 is 5.79. The molecule has 0 aliphatic heterocycles. The summed E-state index contributed by atoms with van der Waals surface area (Å²) in [6, 6.07) is 5.61. The zero-order valence-corrected chi connectivity index (χ0v) is 10.1. The molecule has 0 bridgehead atoms. The van der Waals surface area contributed by atoms with Crippen molar-refractivity contribution >= 4 is 23.2 Å². The topological polar surface area (TPSA) is 96.0 Å². The summed E-state index contributed by atoms with van der Waals surface area (Å²) in [6.45, 7) is 0.361. The summed E-state index contributed by atoms with van der Waals surface area (Å²) in [7, 11) is 0. The number of benzene rings is 1. The highest BCUT2D eigenvalue weighted by Gasteiger charge is 2.14. The third-order valence-electron chi connectivity index (χ3n) is 2.16. The molecule has 1 amide bonds. The van der Waals surface area contributed by atoms with E-state index in [9.17, 15) is 14.9 Å². The molecule has 1 N–H and O–H groups in total. The number of halogens is 1. The van der Waals surface area contributed by atoms with Crippen molar-refractivity contribution < 1.29 is 9.72 Å². The quantitative estimate of drug-likeness (QED) is 0.503. The first-order valence-electron chi connectivity index (χ1n) is 5.15. The summed E-state index contributed by atoms with van der Waals surface area (Å²) in [5.74, 6) is -0.409. The van der Waals surface area contributed by atoms with Crippen LogP contribution in [0.3, 0.4) is 0 Å². The normalized spacial score (nSPS) is 9.56. The molecule has 0 saturated carbocycles. The van der Waals surface area contributed by atoms with Crippen LogP contribution in [0.1, 0.15) is 23.2 Å². The minimum atomic E-state index is -0.583. The Balaban J connectivity index is 2.69. The van der Waals surface area contributed by atoms with E-state index in [-0.39, 0.29) is 16.3 Å². The van der Waals surface area contributed by atoms with E-state index in [2.05, 4.69) is 5.32 Å². The molecular weight excluding hydrogens is 258 g/mol. The Morgan fingerprint density at radius 3 is 2.83 bits per heavy atom. The number of nitrogens with zero attached hydrogens (tertiary/aromatic N) is 2. The van der Waals surface area contributed by atoms with E-state index in [1.54, 1.807) is 0 Å². The van der Waals surface area contributed by atoms with Gasteiger partial charge in [-0.3, -0.25) is 14.9 Å². The van der Waals surface area contributed by atoms with Crippen LogP contribution in [0.2, 0.25) is 5.02 Å². The van der Waals surface area contributed by atoms with Crippen molar-refractivity contribution in [3.63, 3.8) is 0 Å². The lowest BCUT2D eigenvalue weighted by Crippen LogP contribution is -2.24. The standard InChI is InChI=1S/C11H10ClN3O3/c12-10-7-8(15(17)18)3-4-9(10)11(16)14-6-2-1-5-13/h3-4,7H,1-2,6H2,(H,14,16). The molecule has 0 saturated heterocycles. The molecular formula is C11H10ClN3O3. The van der Waals surface area contributed by atoms with Gasteiger partial charge in [-0.2, -0.15) is 5.26 Å². The van der Waals surface area contributed by atoms with Crippen LogP contribution in [0.5, 0.6) is 0 Å². The highest BCUT2D eigenvalue weighted by molar-refractivity contribution is 6.34. The van der Waals surface area contributed by atoms with Gasteiger partial charge in [0, 0.05) is 25.1 Å². The predicted molar refractivity (Wildman–Crippen MR) is 65.3 cm³/mol. The minimum Gasteiger partial charge on any atom is -0.352 e. The number of hydrogen-bond donors (Lipinski definition) is 1. The van der Waals surface area contributed by atoms with Gasteiger partial charge in [0.15, 0.2) is 0 Å². The number of carbonyl (C=O) groups is 1. The second-order valence-electron chi connectivity index (χ2n) is 3.44. The lowest BCUT2D eigenvalue weighted by molar-refractivity contribution is -0.384. The molecule has 6 nitrogen and oxygen atoms in total.